The van der Waals surface area contributed by atoms with Gasteiger partial charge in [0, 0.05) is 6.54 Å². The number of aliphatic hydroxyl groups is 2. The first-order valence-electron chi connectivity index (χ1n) is 7.21. The minimum atomic E-state index is -4.46. The Bertz CT molecular complexity index is 718. The van der Waals surface area contributed by atoms with Gasteiger partial charge >= 0.3 is 6.18 Å². The molecule has 0 spiro atoms. The lowest BCUT2D eigenvalue weighted by molar-refractivity contribution is -0.137. The molecule has 10 heteroatoms. The Hall–Kier alpha value is -2.59. The van der Waals surface area contributed by atoms with Crippen LogP contribution < -0.4 is 10.1 Å². The van der Waals surface area contributed by atoms with E-state index < -0.39 is 30.4 Å². The lowest BCUT2D eigenvalue weighted by atomic mass is 10.2. The van der Waals surface area contributed by atoms with E-state index in [1.54, 1.807) is 0 Å². The maximum Gasteiger partial charge on any atom is 0.416 e. The first-order chi connectivity index (χ1) is 11.8. The molecule has 0 saturated carbocycles. The van der Waals surface area contributed by atoms with Gasteiger partial charge in [-0.2, -0.15) is 18.3 Å². The van der Waals surface area contributed by atoms with Crippen molar-refractivity contribution in [3.8, 4) is 5.75 Å². The highest BCUT2D eigenvalue weighted by molar-refractivity contribution is 5.92. The molecule has 0 aliphatic rings. The Kier molecular flexibility index (Phi) is 5.99. The largest absolute Gasteiger partial charge is 0.487 e. The third-order valence-corrected chi connectivity index (χ3v) is 3.13. The summed E-state index contributed by atoms with van der Waals surface area (Å²) in [5.41, 5.74) is -0.421. The van der Waals surface area contributed by atoms with Gasteiger partial charge in [-0.1, -0.05) is 6.07 Å². The number of aromatic nitrogens is 2. The smallest absolute Gasteiger partial charge is 0.416 e. The Labute approximate surface area is 140 Å². The van der Waals surface area contributed by atoms with Gasteiger partial charge in [0.05, 0.1) is 24.0 Å². The summed E-state index contributed by atoms with van der Waals surface area (Å²) >= 11 is 0. The van der Waals surface area contributed by atoms with Crippen molar-refractivity contribution in [3.63, 3.8) is 0 Å². The van der Waals surface area contributed by atoms with Crippen LogP contribution in [0.1, 0.15) is 21.7 Å². The molecule has 0 radical (unpaired) electrons. The number of nitrogens with zero attached hydrogens (tertiary/aromatic N) is 1. The van der Waals surface area contributed by atoms with Crippen molar-refractivity contribution in [2.75, 3.05) is 13.2 Å². The zero-order valence-corrected chi connectivity index (χ0v) is 12.9. The topological polar surface area (TPSA) is 107 Å². The fraction of sp³-hybridized carbons (Fsp3) is 0.333. The number of hydrogen-bond donors (Lipinski definition) is 4. The molecule has 2 rings (SSSR count). The number of hydrogen-bond acceptors (Lipinski definition) is 5. The van der Waals surface area contributed by atoms with Gasteiger partial charge in [0.2, 0.25) is 0 Å². The molecular formula is C15H16F3N3O4. The predicted molar refractivity (Wildman–Crippen MR) is 79.8 cm³/mol. The van der Waals surface area contributed by atoms with E-state index >= 15 is 0 Å². The molecule has 0 aliphatic heterocycles. The molecule has 0 unspecified atom stereocenters. The lowest BCUT2D eigenvalue weighted by Crippen LogP contribution is -2.34. The molecule has 136 valence electrons. The van der Waals surface area contributed by atoms with Gasteiger partial charge in [0.15, 0.2) is 0 Å². The number of benzene rings is 1. The van der Waals surface area contributed by atoms with Crippen molar-refractivity contribution >= 4 is 5.91 Å². The minimum Gasteiger partial charge on any atom is -0.487 e. The second kappa shape index (κ2) is 7.99. The second-order valence-corrected chi connectivity index (χ2v) is 5.14. The molecule has 1 aromatic carbocycles. The number of nitrogens with one attached hydrogen (secondary N) is 2. The molecule has 0 aliphatic carbocycles. The molecule has 0 saturated heterocycles. The molecule has 1 aromatic heterocycles. The van der Waals surface area contributed by atoms with E-state index in [1.165, 1.54) is 18.2 Å². The van der Waals surface area contributed by atoms with Crippen LogP contribution in [0.25, 0.3) is 0 Å². The van der Waals surface area contributed by atoms with Crippen molar-refractivity contribution in [2.24, 2.45) is 0 Å². The SMILES string of the molecule is O=C(NC[C@H](O)CO)c1cc(COc2cccc(C(F)(F)F)c2)[nH]n1. The molecule has 0 fully saturated rings. The number of rotatable bonds is 7. The van der Waals surface area contributed by atoms with Gasteiger partial charge in [0.25, 0.3) is 5.91 Å². The van der Waals surface area contributed by atoms with Crippen molar-refractivity contribution < 1.29 is 32.9 Å². The molecule has 0 bridgehead atoms. The summed E-state index contributed by atoms with van der Waals surface area (Å²) in [7, 11) is 0. The quantitative estimate of drug-likeness (QED) is 0.592. The van der Waals surface area contributed by atoms with E-state index in [1.807, 2.05) is 0 Å². The van der Waals surface area contributed by atoms with E-state index in [0.29, 0.717) is 5.69 Å². The molecule has 25 heavy (non-hydrogen) atoms. The van der Waals surface area contributed by atoms with Gasteiger partial charge in [0.1, 0.15) is 18.1 Å². The number of carbonyl (C=O) groups is 1. The van der Waals surface area contributed by atoms with Crippen molar-refractivity contribution in [1.29, 1.82) is 0 Å². The average Bonchev–Trinajstić information content (AvgIpc) is 3.06. The molecule has 1 atom stereocenters. The van der Waals surface area contributed by atoms with Crippen LogP contribution in [-0.4, -0.2) is 45.6 Å². The molecule has 7 nitrogen and oxygen atoms in total. The van der Waals surface area contributed by atoms with E-state index in [-0.39, 0.29) is 24.6 Å². The number of halogens is 3. The van der Waals surface area contributed by atoms with Crippen molar-refractivity contribution in [2.45, 2.75) is 18.9 Å². The minimum absolute atomic E-state index is 0.0211. The summed E-state index contributed by atoms with van der Waals surface area (Å²) in [5, 5.41) is 26.5. The Balaban J connectivity index is 1.92. The number of aliphatic hydroxyl groups excluding tert-OH is 2. The Morgan fingerprint density at radius 3 is 2.80 bits per heavy atom. The van der Waals surface area contributed by atoms with Gasteiger partial charge in [-0.15, -0.1) is 0 Å². The zero-order chi connectivity index (χ0) is 18.4. The fourth-order valence-corrected chi connectivity index (χ4v) is 1.84. The standard InChI is InChI=1S/C15H16F3N3O4/c16-15(17,18)9-2-1-3-12(4-9)25-8-10-5-13(21-20-10)14(24)19-6-11(23)7-22/h1-5,11,22-23H,6-8H2,(H,19,24)(H,20,21)/t11-/m0/s1. The third kappa shape index (κ3) is 5.47. The van der Waals surface area contributed by atoms with Gasteiger partial charge < -0.3 is 20.3 Å². The van der Waals surface area contributed by atoms with Crippen LogP contribution in [0.2, 0.25) is 0 Å². The number of carbonyl (C=O) groups excluding carboxylic acids is 1. The number of aromatic amines is 1. The summed E-state index contributed by atoms with van der Waals surface area (Å²) in [4.78, 5) is 11.8. The van der Waals surface area contributed by atoms with E-state index in [4.69, 9.17) is 14.9 Å². The summed E-state index contributed by atoms with van der Waals surface area (Å²) in [6.45, 7) is -0.740. The number of H-pyrrole nitrogens is 1. The summed E-state index contributed by atoms with van der Waals surface area (Å²) in [6, 6.07) is 5.80. The monoisotopic (exact) mass is 359 g/mol. The normalized spacial score (nSPS) is 12.7. The van der Waals surface area contributed by atoms with E-state index in [9.17, 15) is 18.0 Å². The maximum absolute atomic E-state index is 12.6. The van der Waals surface area contributed by atoms with Crippen molar-refractivity contribution in [3.05, 3.63) is 47.3 Å². The summed E-state index contributed by atoms with van der Waals surface area (Å²) < 4.78 is 43.1. The van der Waals surface area contributed by atoms with Crippen LogP contribution in [-0.2, 0) is 12.8 Å². The molecule has 4 N–H and O–H groups in total. The highest BCUT2D eigenvalue weighted by atomic mass is 19.4. The first kappa shape index (κ1) is 18.7. The van der Waals surface area contributed by atoms with E-state index in [0.717, 1.165) is 12.1 Å². The molecule has 2 aromatic rings. The Morgan fingerprint density at radius 2 is 2.12 bits per heavy atom. The van der Waals surface area contributed by atoms with Crippen LogP contribution in [0.15, 0.2) is 30.3 Å². The van der Waals surface area contributed by atoms with Crippen LogP contribution in [0.5, 0.6) is 5.75 Å². The van der Waals surface area contributed by atoms with Crippen LogP contribution in [0, 0.1) is 0 Å². The van der Waals surface area contributed by atoms with Crippen molar-refractivity contribution in [1.82, 2.24) is 15.5 Å². The van der Waals surface area contributed by atoms with E-state index in [2.05, 4.69) is 15.5 Å². The van der Waals surface area contributed by atoms with Gasteiger partial charge in [-0.25, -0.2) is 0 Å². The molecule has 1 amide bonds. The number of ether oxygens (including phenoxy) is 1. The number of amides is 1. The van der Waals surface area contributed by atoms with Gasteiger partial charge in [-0.05, 0) is 24.3 Å². The predicted octanol–water partition coefficient (Wildman–Crippen LogP) is 1.09. The highest BCUT2D eigenvalue weighted by Gasteiger charge is 2.30. The summed E-state index contributed by atoms with van der Waals surface area (Å²) in [6.07, 6.45) is -5.54. The fourth-order valence-electron chi connectivity index (χ4n) is 1.84. The van der Waals surface area contributed by atoms with Gasteiger partial charge in [-0.3, -0.25) is 9.89 Å². The number of alkyl halides is 3. The van der Waals surface area contributed by atoms with Crippen LogP contribution in [0.3, 0.4) is 0 Å². The first-order valence-corrected chi connectivity index (χ1v) is 7.21. The second-order valence-electron chi connectivity index (χ2n) is 5.14. The lowest BCUT2D eigenvalue weighted by Gasteiger charge is -2.09. The third-order valence-electron chi connectivity index (χ3n) is 3.13. The van der Waals surface area contributed by atoms with Crippen LogP contribution >= 0.6 is 0 Å². The average molecular weight is 359 g/mol. The van der Waals surface area contributed by atoms with Crippen LogP contribution in [0.4, 0.5) is 13.2 Å². The molecule has 1 heterocycles. The highest BCUT2D eigenvalue weighted by Crippen LogP contribution is 2.31. The summed E-state index contributed by atoms with van der Waals surface area (Å²) in [5.74, 6) is -0.546. The maximum atomic E-state index is 12.6. The Morgan fingerprint density at radius 1 is 1.36 bits per heavy atom. The zero-order valence-electron chi connectivity index (χ0n) is 12.9. The molecular weight excluding hydrogens is 343 g/mol.